The molecular formula is C19H37N5O. The summed E-state index contributed by atoms with van der Waals surface area (Å²) in [5.74, 6) is 0.396. The molecule has 0 aliphatic carbocycles. The Morgan fingerprint density at radius 2 is 1.16 bits per heavy atom. The van der Waals surface area contributed by atoms with Crippen molar-refractivity contribution in [2.24, 2.45) is 0 Å². The molecule has 0 amide bonds. The number of benzene rings is 1. The molecule has 1 aromatic carbocycles. The quantitative estimate of drug-likeness (QED) is 0.703. The highest BCUT2D eigenvalue weighted by molar-refractivity contribution is 5.44. The topological polar surface area (TPSA) is 54.0 Å². The minimum Gasteiger partial charge on any atom is -0.508 e. The fraction of sp³-hybridized carbons (Fsp3) is 0.684. The molecule has 2 rings (SSSR count). The van der Waals surface area contributed by atoms with E-state index >= 15 is 0 Å². The smallest absolute Gasteiger partial charge is 0.120 e. The number of piperazine rings is 1. The second-order valence-corrected chi connectivity index (χ2v) is 7.41. The fourth-order valence-electron chi connectivity index (χ4n) is 2.83. The summed E-state index contributed by atoms with van der Waals surface area (Å²) in [6, 6.07) is 3.85. The molecule has 0 bridgehead atoms. The number of aromatic hydroxyl groups is 1. The van der Waals surface area contributed by atoms with E-state index in [1.54, 1.807) is 0 Å². The normalized spacial score (nSPS) is 14.8. The van der Waals surface area contributed by atoms with E-state index in [9.17, 15) is 5.11 Å². The van der Waals surface area contributed by atoms with Gasteiger partial charge < -0.3 is 30.4 Å². The average molecular weight is 352 g/mol. The lowest BCUT2D eigenvalue weighted by atomic mass is 9.98. The van der Waals surface area contributed by atoms with Crippen molar-refractivity contribution < 1.29 is 5.11 Å². The highest BCUT2D eigenvalue weighted by Gasteiger charge is 2.15. The number of nitrogens with one attached hydrogen (secondary N) is 2. The standard InChI is InChI=1S/C15H27N3O.C4H10N2/c1-16(2)9-12-7-8-15(19)14(11-18(5)6)13(12)10-17(3)4;1-2-6-4-3-5-1/h7-8,19H,9-11H2,1-6H3;5-6H,1-4H2. The van der Waals surface area contributed by atoms with Gasteiger partial charge in [0.2, 0.25) is 0 Å². The largest absolute Gasteiger partial charge is 0.508 e. The van der Waals surface area contributed by atoms with Crippen molar-refractivity contribution in [1.29, 1.82) is 0 Å². The zero-order valence-corrected chi connectivity index (χ0v) is 16.9. The SMILES string of the molecule is C1CNCCN1.CN(C)Cc1ccc(O)c(CN(C)C)c1CN(C)C. The molecule has 1 heterocycles. The van der Waals surface area contributed by atoms with Crippen LogP contribution in [-0.4, -0.2) is 88.3 Å². The Balaban J connectivity index is 0.000000435. The zero-order chi connectivity index (χ0) is 18.8. The Morgan fingerprint density at radius 1 is 0.720 bits per heavy atom. The molecule has 0 atom stereocenters. The molecule has 0 unspecified atom stereocenters. The Labute approximate surface area is 153 Å². The molecule has 0 saturated carbocycles. The van der Waals surface area contributed by atoms with E-state index in [1.165, 1.54) is 11.1 Å². The summed E-state index contributed by atoms with van der Waals surface area (Å²) in [5, 5.41) is 16.6. The van der Waals surface area contributed by atoms with Crippen LogP contribution < -0.4 is 10.6 Å². The monoisotopic (exact) mass is 351 g/mol. The van der Waals surface area contributed by atoms with Crippen LogP contribution in [0.4, 0.5) is 0 Å². The fourth-order valence-corrected chi connectivity index (χ4v) is 2.83. The molecule has 6 heteroatoms. The second-order valence-electron chi connectivity index (χ2n) is 7.41. The van der Waals surface area contributed by atoms with Gasteiger partial charge in [-0.1, -0.05) is 6.07 Å². The third kappa shape index (κ3) is 8.65. The number of rotatable bonds is 6. The summed E-state index contributed by atoms with van der Waals surface area (Å²) in [6.45, 7) is 7.06. The maximum Gasteiger partial charge on any atom is 0.120 e. The van der Waals surface area contributed by atoms with E-state index in [2.05, 4.69) is 53.5 Å². The number of hydrogen-bond acceptors (Lipinski definition) is 6. The van der Waals surface area contributed by atoms with Crippen molar-refractivity contribution in [3.8, 4) is 5.75 Å². The Kier molecular flexibility index (Phi) is 10.0. The van der Waals surface area contributed by atoms with Gasteiger partial charge in [0, 0.05) is 51.4 Å². The first kappa shape index (κ1) is 21.9. The summed E-state index contributed by atoms with van der Waals surface area (Å²) in [7, 11) is 12.3. The molecule has 1 aliphatic rings. The van der Waals surface area contributed by atoms with Crippen molar-refractivity contribution >= 4 is 0 Å². The number of nitrogens with zero attached hydrogens (tertiary/aromatic N) is 3. The summed E-state index contributed by atoms with van der Waals surface area (Å²) in [4.78, 5) is 6.39. The van der Waals surface area contributed by atoms with Crippen LogP contribution in [-0.2, 0) is 19.6 Å². The minimum absolute atomic E-state index is 0.396. The van der Waals surface area contributed by atoms with Crippen LogP contribution in [0.5, 0.6) is 5.75 Å². The van der Waals surface area contributed by atoms with Gasteiger partial charge in [0.25, 0.3) is 0 Å². The highest BCUT2D eigenvalue weighted by Crippen LogP contribution is 2.27. The third-order valence-electron chi connectivity index (χ3n) is 3.90. The van der Waals surface area contributed by atoms with Crippen molar-refractivity contribution in [2.75, 3.05) is 68.5 Å². The van der Waals surface area contributed by atoms with Crippen LogP contribution in [0.25, 0.3) is 0 Å². The summed E-state index contributed by atoms with van der Waals surface area (Å²) in [5.41, 5.74) is 3.57. The van der Waals surface area contributed by atoms with Crippen molar-refractivity contribution in [2.45, 2.75) is 19.6 Å². The zero-order valence-electron chi connectivity index (χ0n) is 16.9. The van der Waals surface area contributed by atoms with Crippen LogP contribution in [0.15, 0.2) is 12.1 Å². The first-order chi connectivity index (χ1) is 11.8. The van der Waals surface area contributed by atoms with Crippen molar-refractivity contribution in [3.05, 3.63) is 28.8 Å². The van der Waals surface area contributed by atoms with Gasteiger partial charge in [-0.25, -0.2) is 0 Å². The molecule has 1 aromatic rings. The first-order valence-electron chi connectivity index (χ1n) is 8.99. The van der Waals surface area contributed by atoms with Gasteiger partial charge in [0.05, 0.1) is 0 Å². The van der Waals surface area contributed by atoms with E-state index in [1.807, 2.05) is 26.2 Å². The van der Waals surface area contributed by atoms with E-state index in [0.29, 0.717) is 5.75 Å². The minimum atomic E-state index is 0.396. The molecule has 3 N–H and O–H groups in total. The van der Waals surface area contributed by atoms with Crippen molar-refractivity contribution in [3.63, 3.8) is 0 Å². The molecule has 0 radical (unpaired) electrons. The summed E-state index contributed by atoms with van der Waals surface area (Å²) < 4.78 is 0. The number of hydrogen-bond donors (Lipinski definition) is 3. The molecule has 1 fully saturated rings. The second kappa shape index (κ2) is 11.4. The Bertz CT molecular complexity index is 487. The summed E-state index contributed by atoms with van der Waals surface area (Å²) >= 11 is 0. The van der Waals surface area contributed by atoms with Gasteiger partial charge in [-0.15, -0.1) is 0 Å². The van der Waals surface area contributed by atoms with Gasteiger partial charge in [0.15, 0.2) is 0 Å². The first-order valence-corrected chi connectivity index (χ1v) is 8.99. The molecule has 0 aromatic heterocycles. The molecule has 1 aliphatic heterocycles. The lowest BCUT2D eigenvalue weighted by Gasteiger charge is -2.23. The van der Waals surface area contributed by atoms with Crippen LogP contribution in [0.3, 0.4) is 0 Å². The Hall–Kier alpha value is -1.18. The van der Waals surface area contributed by atoms with Crippen molar-refractivity contribution in [1.82, 2.24) is 25.3 Å². The molecule has 144 valence electrons. The van der Waals surface area contributed by atoms with Crippen LogP contribution in [0.2, 0.25) is 0 Å². The van der Waals surface area contributed by atoms with E-state index in [-0.39, 0.29) is 0 Å². The summed E-state index contributed by atoms with van der Waals surface area (Å²) in [6.07, 6.45) is 0. The van der Waals surface area contributed by atoms with Crippen LogP contribution in [0, 0.1) is 0 Å². The van der Waals surface area contributed by atoms with Crippen LogP contribution >= 0.6 is 0 Å². The van der Waals surface area contributed by atoms with E-state index in [0.717, 1.165) is 51.4 Å². The van der Waals surface area contributed by atoms with Gasteiger partial charge in [-0.2, -0.15) is 0 Å². The van der Waals surface area contributed by atoms with E-state index in [4.69, 9.17) is 0 Å². The van der Waals surface area contributed by atoms with E-state index < -0.39 is 0 Å². The highest BCUT2D eigenvalue weighted by atomic mass is 16.3. The molecule has 25 heavy (non-hydrogen) atoms. The number of phenolic OH excluding ortho intramolecular Hbond substituents is 1. The molecule has 0 spiro atoms. The average Bonchev–Trinajstić information content (AvgIpc) is 2.54. The molecular weight excluding hydrogens is 314 g/mol. The lowest BCUT2D eigenvalue weighted by Crippen LogP contribution is -2.39. The predicted octanol–water partition coefficient (Wildman–Crippen LogP) is 0.756. The van der Waals surface area contributed by atoms with Gasteiger partial charge >= 0.3 is 0 Å². The van der Waals surface area contributed by atoms with Gasteiger partial charge in [-0.05, 0) is 59.5 Å². The maximum absolute atomic E-state index is 10.2. The number of phenols is 1. The molecule has 1 saturated heterocycles. The molecule has 6 nitrogen and oxygen atoms in total. The lowest BCUT2D eigenvalue weighted by molar-refractivity contribution is 0.359. The predicted molar refractivity (Wildman–Crippen MR) is 106 cm³/mol. The Morgan fingerprint density at radius 3 is 1.56 bits per heavy atom. The van der Waals surface area contributed by atoms with Crippen LogP contribution in [0.1, 0.15) is 16.7 Å². The maximum atomic E-state index is 10.2. The third-order valence-corrected chi connectivity index (χ3v) is 3.90. The van der Waals surface area contributed by atoms with Gasteiger partial charge in [-0.3, -0.25) is 0 Å². The van der Waals surface area contributed by atoms with Gasteiger partial charge in [0.1, 0.15) is 5.75 Å².